The highest BCUT2D eigenvalue weighted by Crippen LogP contribution is 2.43. The third-order valence-electron chi connectivity index (χ3n) is 4.33. The van der Waals surface area contributed by atoms with Gasteiger partial charge in [-0.25, -0.2) is 0 Å². The van der Waals surface area contributed by atoms with Crippen LogP contribution in [-0.2, 0) is 16.6 Å². The van der Waals surface area contributed by atoms with Crippen LogP contribution in [0.2, 0.25) is 0 Å². The number of ether oxygens (including phenoxy) is 1. The van der Waals surface area contributed by atoms with Crippen molar-refractivity contribution in [2.75, 3.05) is 19.0 Å². The van der Waals surface area contributed by atoms with E-state index in [2.05, 4.69) is 18.2 Å². The van der Waals surface area contributed by atoms with E-state index in [4.69, 9.17) is 4.74 Å². The van der Waals surface area contributed by atoms with Crippen LogP contribution in [0.1, 0.15) is 31.4 Å². The average molecular weight is 264 g/mol. The lowest BCUT2D eigenvalue weighted by Crippen LogP contribution is -2.60. The third kappa shape index (κ3) is 1.80. The summed E-state index contributed by atoms with van der Waals surface area (Å²) in [4.78, 5) is 1.41. The van der Waals surface area contributed by atoms with Crippen LogP contribution in [0.4, 0.5) is 0 Å². The van der Waals surface area contributed by atoms with Gasteiger partial charge in [0, 0.05) is 4.90 Å². The molecular weight excluding hydrogens is 244 g/mol. The number of hydrogen-bond acceptors (Lipinski definition) is 3. The number of benzene rings is 1. The Morgan fingerprint density at radius 2 is 2.11 bits per heavy atom. The summed E-state index contributed by atoms with van der Waals surface area (Å²) in [7, 11) is 0. The Kier molecular flexibility index (Phi) is 2.96. The molecule has 0 amide bonds. The Balaban J connectivity index is 2.01. The van der Waals surface area contributed by atoms with Crippen molar-refractivity contribution in [3.05, 3.63) is 29.3 Å². The van der Waals surface area contributed by atoms with Crippen LogP contribution in [-0.4, -0.2) is 29.7 Å². The molecule has 0 unspecified atom stereocenters. The Morgan fingerprint density at radius 3 is 2.72 bits per heavy atom. The van der Waals surface area contributed by atoms with Gasteiger partial charge >= 0.3 is 0 Å². The van der Waals surface area contributed by atoms with E-state index in [-0.39, 0.29) is 5.41 Å². The normalized spacial score (nSPS) is 22.2. The van der Waals surface area contributed by atoms with Crippen molar-refractivity contribution >= 4 is 11.8 Å². The number of rotatable bonds is 2. The fraction of sp³-hybridized carbons (Fsp3) is 0.600. The van der Waals surface area contributed by atoms with E-state index in [1.165, 1.54) is 34.6 Å². The smallest absolute Gasteiger partial charge is 0.0732 e. The molecule has 2 aliphatic rings. The lowest BCUT2D eigenvalue weighted by atomic mass is 9.67. The monoisotopic (exact) mass is 264 g/mol. The summed E-state index contributed by atoms with van der Waals surface area (Å²) in [5.74, 6) is 1.23. The van der Waals surface area contributed by atoms with Gasteiger partial charge in [-0.2, -0.15) is 0 Å². The molecule has 3 heteroatoms. The molecule has 0 bridgehead atoms. The van der Waals surface area contributed by atoms with Gasteiger partial charge in [0.15, 0.2) is 0 Å². The second kappa shape index (κ2) is 4.26. The van der Waals surface area contributed by atoms with Gasteiger partial charge in [-0.05, 0) is 49.6 Å². The molecule has 0 aliphatic carbocycles. The van der Waals surface area contributed by atoms with Crippen LogP contribution in [0.5, 0.6) is 0 Å². The molecule has 2 heterocycles. The van der Waals surface area contributed by atoms with Crippen LogP contribution in [0.15, 0.2) is 23.1 Å². The molecule has 2 nitrogen and oxygen atoms in total. The summed E-state index contributed by atoms with van der Waals surface area (Å²) in [5.41, 5.74) is 1.73. The second-order valence-electron chi connectivity index (χ2n) is 5.91. The lowest BCUT2D eigenvalue weighted by molar-refractivity contribution is -0.157. The van der Waals surface area contributed by atoms with Crippen molar-refractivity contribution in [1.29, 1.82) is 0 Å². The van der Waals surface area contributed by atoms with Gasteiger partial charge in [-0.1, -0.05) is 12.1 Å². The summed E-state index contributed by atoms with van der Waals surface area (Å²) in [6.45, 7) is 5.04. The maximum atomic E-state index is 10.5. The Hall–Kier alpha value is -0.510. The molecule has 98 valence electrons. The van der Waals surface area contributed by atoms with Crippen molar-refractivity contribution in [1.82, 2.24) is 0 Å². The predicted molar refractivity (Wildman–Crippen MR) is 74.3 cm³/mol. The van der Waals surface area contributed by atoms with Crippen LogP contribution in [0.25, 0.3) is 0 Å². The highest BCUT2D eigenvalue weighted by atomic mass is 32.2. The molecular formula is C15H20O2S. The average Bonchev–Trinajstić information content (AvgIpc) is 2.25. The van der Waals surface area contributed by atoms with Gasteiger partial charge < -0.3 is 9.84 Å². The van der Waals surface area contributed by atoms with E-state index in [0.29, 0.717) is 13.2 Å². The van der Waals surface area contributed by atoms with Gasteiger partial charge in [-0.15, -0.1) is 11.8 Å². The SMILES string of the molecule is CC(C)(O)C1(c2ccc3c(c2)CCCS3)COC1. The first-order valence-corrected chi connectivity index (χ1v) is 7.58. The zero-order valence-corrected chi connectivity index (χ0v) is 11.8. The Bertz CT molecular complexity index is 458. The van der Waals surface area contributed by atoms with Crippen molar-refractivity contribution in [3.8, 4) is 0 Å². The quantitative estimate of drug-likeness (QED) is 0.890. The molecule has 1 N–H and O–H groups in total. The summed E-state index contributed by atoms with van der Waals surface area (Å²) >= 11 is 1.95. The Labute approximate surface area is 113 Å². The second-order valence-corrected chi connectivity index (χ2v) is 7.05. The minimum absolute atomic E-state index is 0.218. The third-order valence-corrected chi connectivity index (χ3v) is 5.53. The van der Waals surface area contributed by atoms with Crippen molar-refractivity contribution in [2.24, 2.45) is 0 Å². The largest absolute Gasteiger partial charge is 0.389 e. The Morgan fingerprint density at radius 1 is 1.33 bits per heavy atom. The topological polar surface area (TPSA) is 29.5 Å². The first-order valence-electron chi connectivity index (χ1n) is 6.59. The molecule has 0 spiro atoms. The molecule has 2 aliphatic heterocycles. The van der Waals surface area contributed by atoms with Crippen molar-refractivity contribution in [2.45, 2.75) is 42.6 Å². The molecule has 1 fully saturated rings. The predicted octanol–water partition coefficient (Wildman–Crippen LogP) is 2.76. The standard InChI is InChI=1S/C15H20O2S/c1-14(2,16)15(9-17-10-15)12-5-6-13-11(8-12)4-3-7-18-13/h5-6,8,16H,3-4,7,9-10H2,1-2H3. The van der Waals surface area contributed by atoms with E-state index in [0.717, 1.165) is 0 Å². The maximum Gasteiger partial charge on any atom is 0.0732 e. The lowest BCUT2D eigenvalue weighted by Gasteiger charge is -2.50. The highest BCUT2D eigenvalue weighted by Gasteiger charge is 2.51. The fourth-order valence-electron chi connectivity index (χ4n) is 2.84. The molecule has 1 aromatic rings. The van der Waals surface area contributed by atoms with E-state index in [1.54, 1.807) is 0 Å². The fourth-order valence-corrected chi connectivity index (χ4v) is 3.86. The molecule has 0 radical (unpaired) electrons. The first kappa shape index (κ1) is 12.5. The van der Waals surface area contributed by atoms with Crippen LogP contribution >= 0.6 is 11.8 Å². The summed E-state index contributed by atoms with van der Waals surface area (Å²) in [6.07, 6.45) is 2.42. The maximum absolute atomic E-state index is 10.5. The summed E-state index contributed by atoms with van der Waals surface area (Å²) in [5, 5.41) is 10.5. The van der Waals surface area contributed by atoms with Gasteiger partial charge in [0.1, 0.15) is 0 Å². The molecule has 0 saturated carbocycles. The van der Waals surface area contributed by atoms with Crippen LogP contribution in [0, 0.1) is 0 Å². The number of aryl methyl sites for hydroxylation is 1. The van der Waals surface area contributed by atoms with E-state index < -0.39 is 5.60 Å². The minimum Gasteiger partial charge on any atom is -0.389 e. The molecule has 18 heavy (non-hydrogen) atoms. The molecule has 0 atom stereocenters. The van der Waals surface area contributed by atoms with Gasteiger partial charge in [-0.3, -0.25) is 0 Å². The minimum atomic E-state index is -0.735. The van der Waals surface area contributed by atoms with Gasteiger partial charge in [0.25, 0.3) is 0 Å². The van der Waals surface area contributed by atoms with Gasteiger partial charge in [0.05, 0.1) is 24.2 Å². The van der Waals surface area contributed by atoms with Crippen LogP contribution < -0.4 is 0 Å². The molecule has 1 saturated heterocycles. The number of fused-ring (bicyclic) bond motifs is 1. The van der Waals surface area contributed by atoms with E-state index >= 15 is 0 Å². The molecule has 0 aromatic heterocycles. The van der Waals surface area contributed by atoms with Crippen LogP contribution in [0.3, 0.4) is 0 Å². The number of aliphatic hydroxyl groups is 1. The zero-order chi connectivity index (χ0) is 12.8. The molecule has 1 aromatic carbocycles. The van der Waals surface area contributed by atoms with E-state index in [1.807, 2.05) is 25.6 Å². The van der Waals surface area contributed by atoms with Crippen molar-refractivity contribution in [3.63, 3.8) is 0 Å². The highest BCUT2D eigenvalue weighted by molar-refractivity contribution is 7.99. The number of hydrogen-bond donors (Lipinski definition) is 1. The van der Waals surface area contributed by atoms with Gasteiger partial charge in [0.2, 0.25) is 0 Å². The van der Waals surface area contributed by atoms with E-state index in [9.17, 15) is 5.11 Å². The first-order chi connectivity index (χ1) is 8.53. The molecule has 3 rings (SSSR count). The van der Waals surface area contributed by atoms with Crippen molar-refractivity contribution < 1.29 is 9.84 Å². The number of thioether (sulfide) groups is 1. The summed E-state index contributed by atoms with van der Waals surface area (Å²) in [6, 6.07) is 6.69. The zero-order valence-electron chi connectivity index (χ0n) is 11.0. The summed E-state index contributed by atoms with van der Waals surface area (Å²) < 4.78 is 5.40.